The monoisotopic (exact) mass is 271 g/mol. The average Bonchev–Trinajstić information content (AvgIpc) is 3.04. The molecule has 0 amide bonds. The first-order chi connectivity index (χ1) is 9.38. The molecule has 0 bridgehead atoms. The van der Waals surface area contributed by atoms with Crippen LogP contribution in [0.25, 0.3) is 0 Å². The molecule has 1 aromatic carbocycles. The Kier molecular flexibility index (Phi) is 4.00. The molecule has 2 atom stereocenters. The minimum absolute atomic E-state index is 0.538. The summed E-state index contributed by atoms with van der Waals surface area (Å²) < 4.78 is 0. The van der Waals surface area contributed by atoms with Gasteiger partial charge >= 0.3 is 0 Å². The van der Waals surface area contributed by atoms with Gasteiger partial charge in [-0.2, -0.15) is 11.3 Å². The van der Waals surface area contributed by atoms with Crippen LogP contribution in [-0.2, 0) is 12.8 Å². The molecule has 3 rings (SSSR count). The minimum Gasteiger partial charge on any atom is -0.310 e. The Morgan fingerprint density at radius 1 is 1.26 bits per heavy atom. The molecule has 2 aromatic rings. The zero-order valence-electron chi connectivity index (χ0n) is 11.4. The van der Waals surface area contributed by atoms with E-state index in [0.29, 0.717) is 12.0 Å². The Morgan fingerprint density at radius 3 is 2.95 bits per heavy atom. The topological polar surface area (TPSA) is 12.0 Å². The third kappa shape index (κ3) is 2.75. The molecule has 1 heterocycles. The lowest BCUT2D eigenvalue weighted by molar-refractivity contribution is 0.387. The molecule has 0 saturated heterocycles. The highest BCUT2D eigenvalue weighted by Gasteiger charge is 2.31. The second kappa shape index (κ2) is 5.89. The summed E-state index contributed by atoms with van der Waals surface area (Å²) in [6, 6.07) is 11.7. The van der Waals surface area contributed by atoms with Crippen molar-refractivity contribution in [3.63, 3.8) is 0 Å². The third-order valence-electron chi connectivity index (χ3n) is 4.04. The lowest BCUT2D eigenvalue weighted by Crippen LogP contribution is -2.27. The zero-order valence-corrected chi connectivity index (χ0v) is 12.2. The maximum absolute atomic E-state index is 3.75. The number of hydrogen-bond donors (Lipinski definition) is 1. The van der Waals surface area contributed by atoms with Gasteiger partial charge in [-0.3, -0.25) is 0 Å². The van der Waals surface area contributed by atoms with Crippen LogP contribution in [-0.4, -0.2) is 6.54 Å². The van der Waals surface area contributed by atoms with Crippen molar-refractivity contribution >= 4 is 11.3 Å². The van der Waals surface area contributed by atoms with Crippen LogP contribution in [0.3, 0.4) is 0 Å². The number of thiophene rings is 1. The van der Waals surface area contributed by atoms with E-state index in [1.165, 1.54) is 36.0 Å². The molecule has 1 nitrogen and oxygen atoms in total. The molecule has 19 heavy (non-hydrogen) atoms. The molecule has 0 saturated carbocycles. The van der Waals surface area contributed by atoms with Gasteiger partial charge in [-0.25, -0.2) is 0 Å². The normalized spacial score (nSPS) is 21.5. The summed E-state index contributed by atoms with van der Waals surface area (Å²) in [5.41, 5.74) is 4.55. The summed E-state index contributed by atoms with van der Waals surface area (Å²) in [4.78, 5) is 0. The predicted molar refractivity (Wildman–Crippen MR) is 82.7 cm³/mol. The first kappa shape index (κ1) is 12.9. The Labute approximate surface area is 119 Å². The van der Waals surface area contributed by atoms with Crippen molar-refractivity contribution in [2.75, 3.05) is 6.54 Å². The molecule has 0 spiro atoms. The van der Waals surface area contributed by atoms with Crippen LogP contribution >= 0.6 is 11.3 Å². The van der Waals surface area contributed by atoms with Gasteiger partial charge < -0.3 is 5.32 Å². The van der Waals surface area contributed by atoms with Gasteiger partial charge in [0, 0.05) is 6.04 Å². The fourth-order valence-corrected chi connectivity index (χ4v) is 3.84. The van der Waals surface area contributed by atoms with Crippen LogP contribution in [0.4, 0.5) is 0 Å². The van der Waals surface area contributed by atoms with Gasteiger partial charge in [0.05, 0.1) is 0 Å². The highest BCUT2D eigenvalue weighted by atomic mass is 32.1. The van der Waals surface area contributed by atoms with Crippen molar-refractivity contribution in [3.05, 3.63) is 57.8 Å². The first-order valence-electron chi connectivity index (χ1n) is 7.20. The smallest absolute Gasteiger partial charge is 0.0357 e. The lowest BCUT2D eigenvalue weighted by atomic mass is 9.94. The van der Waals surface area contributed by atoms with Crippen LogP contribution in [0.2, 0.25) is 0 Å². The number of rotatable bonds is 5. The summed E-state index contributed by atoms with van der Waals surface area (Å²) >= 11 is 1.81. The van der Waals surface area contributed by atoms with Gasteiger partial charge in [-0.1, -0.05) is 31.2 Å². The van der Waals surface area contributed by atoms with E-state index in [2.05, 4.69) is 53.3 Å². The Hall–Kier alpha value is -1.12. The van der Waals surface area contributed by atoms with E-state index in [1.807, 2.05) is 0 Å². The van der Waals surface area contributed by atoms with Crippen molar-refractivity contribution < 1.29 is 0 Å². The van der Waals surface area contributed by atoms with Crippen molar-refractivity contribution in [2.24, 2.45) is 5.92 Å². The molecule has 2 unspecified atom stereocenters. The van der Waals surface area contributed by atoms with E-state index in [9.17, 15) is 0 Å². The van der Waals surface area contributed by atoms with Crippen molar-refractivity contribution in [3.8, 4) is 0 Å². The van der Waals surface area contributed by atoms with E-state index >= 15 is 0 Å². The van der Waals surface area contributed by atoms with Crippen LogP contribution in [0.1, 0.15) is 36.1 Å². The largest absolute Gasteiger partial charge is 0.310 e. The zero-order chi connectivity index (χ0) is 13.1. The maximum Gasteiger partial charge on any atom is 0.0357 e. The molecule has 1 aromatic heterocycles. The van der Waals surface area contributed by atoms with Crippen molar-refractivity contribution in [2.45, 2.75) is 32.2 Å². The molecule has 0 radical (unpaired) electrons. The standard InChI is InChI=1S/C17H21NS/c1-2-8-18-17-15(10-13-7-9-19-12-13)11-14-5-3-4-6-16(14)17/h3-7,9,12,15,17-18H,2,8,10-11H2,1H3. The SMILES string of the molecule is CCCNC1c2ccccc2CC1Cc1ccsc1. The highest BCUT2D eigenvalue weighted by molar-refractivity contribution is 7.07. The first-order valence-corrected chi connectivity index (χ1v) is 8.15. The highest BCUT2D eigenvalue weighted by Crippen LogP contribution is 2.38. The van der Waals surface area contributed by atoms with Gasteiger partial charge in [-0.05, 0) is 65.2 Å². The number of fused-ring (bicyclic) bond motifs is 1. The van der Waals surface area contributed by atoms with E-state index in [0.717, 1.165) is 6.54 Å². The molecule has 1 aliphatic carbocycles. The van der Waals surface area contributed by atoms with Crippen molar-refractivity contribution in [1.82, 2.24) is 5.32 Å². The van der Waals surface area contributed by atoms with Gasteiger partial charge in [0.25, 0.3) is 0 Å². The Morgan fingerprint density at radius 2 is 2.16 bits per heavy atom. The second-order valence-corrected chi connectivity index (χ2v) is 6.21. The Bertz CT molecular complexity index is 516. The third-order valence-corrected chi connectivity index (χ3v) is 4.77. The molecule has 0 aliphatic heterocycles. The maximum atomic E-state index is 3.75. The molecule has 0 fully saturated rings. The summed E-state index contributed by atoms with van der Waals surface area (Å²) in [7, 11) is 0. The average molecular weight is 271 g/mol. The summed E-state index contributed by atoms with van der Waals surface area (Å²) in [6.07, 6.45) is 3.61. The van der Waals surface area contributed by atoms with Gasteiger partial charge in [-0.15, -0.1) is 0 Å². The number of benzene rings is 1. The molecule has 1 aliphatic rings. The van der Waals surface area contributed by atoms with E-state index in [-0.39, 0.29) is 0 Å². The van der Waals surface area contributed by atoms with E-state index in [4.69, 9.17) is 0 Å². The van der Waals surface area contributed by atoms with E-state index in [1.54, 1.807) is 11.3 Å². The molecule has 2 heteroatoms. The summed E-state index contributed by atoms with van der Waals surface area (Å²) in [5.74, 6) is 0.707. The van der Waals surface area contributed by atoms with E-state index < -0.39 is 0 Å². The van der Waals surface area contributed by atoms with Crippen LogP contribution in [0.5, 0.6) is 0 Å². The van der Waals surface area contributed by atoms with Crippen LogP contribution in [0.15, 0.2) is 41.1 Å². The summed E-state index contributed by atoms with van der Waals surface area (Å²) in [5, 5.41) is 8.23. The molecular formula is C17H21NS. The fraction of sp³-hybridized carbons (Fsp3) is 0.412. The fourth-order valence-electron chi connectivity index (χ4n) is 3.16. The Balaban J connectivity index is 1.80. The van der Waals surface area contributed by atoms with Crippen LogP contribution < -0.4 is 5.32 Å². The molecule has 1 N–H and O–H groups in total. The number of nitrogens with one attached hydrogen (secondary N) is 1. The summed E-state index contributed by atoms with van der Waals surface area (Å²) in [6.45, 7) is 3.35. The predicted octanol–water partition coefficient (Wildman–Crippen LogP) is 4.20. The van der Waals surface area contributed by atoms with Gasteiger partial charge in [0.2, 0.25) is 0 Å². The minimum atomic E-state index is 0.538. The van der Waals surface area contributed by atoms with Crippen molar-refractivity contribution in [1.29, 1.82) is 0 Å². The lowest BCUT2D eigenvalue weighted by Gasteiger charge is -2.21. The molecular weight excluding hydrogens is 250 g/mol. The molecule has 100 valence electrons. The number of hydrogen-bond acceptors (Lipinski definition) is 2. The van der Waals surface area contributed by atoms with Crippen LogP contribution in [0, 0.1) is 5.92 Å². The second-order valence-electron chi connectivity index (χ2n) is 5.43. The van der Waals surface area contributed by atoms with Gasteiger partial charge in [0.15, 0.2) is 0 Å². The quantitative estimate of drug-likeness (QED) is 0.859. The van der Waals surface area contributed by atoms with Gasteiger partial charge in [0.1, 0.15) is 0 Å².